The molecule has 0 saturated carbocycles. The summed E-state index contributed by atoms with van der Waals surface area (Å²) in [6.45, 7) is 5.89. The van der Waals surface area contributed by atoms with Crippen molar-refractivity contribution < 1.29 is 4.74 Å². The third-order valence-corrected chi connectivity index (χ3v) is 2.54. The maximum atomic E-state index is 5.77. The molecule has 0 aliphatic rings. The van der Waals surface area contributed by atoms with Crippen molar-refractivity contribution >= 4 is 11.6 Å². The van der Waals surface area contributed by atoms with Gasteiger partial charge in [-0.1, -0.05) is 18.5 Å². The van der Waals surface area contributed by atoms with Crippen molar-refractivity contribution in [3.05, 3.63) is 29.3 Å². The second-order valence-corrected chi connectivity index (χ2v) is 4.00. The lowest BCUT2D eigenvalue weighted by Crippen LogP contribution is -2.29. The van der Waals surface area contributed by atoms with Crippen LogP contribution in [0.2, 0.25) is 5.02 Å². The molecule has 1 unspecified atom stereocenters. The van der Waals surface area contributed by atoms with Crippen LogP contribution in [0.5, 0.6) is 5.75 Å². The highest BCUT2D eigenvalue weighted by Crippen LogP contribution is 2.15. The second-order valence-electron chi connectivity index (χ2n) is 3.57. The highest BCUT2D eigenvalue weighted by Gasteiger charge is 1.97. The summed E-state index contributed by atoms with van der Waals surface area (Å²) in [4.78, 5) is 0. The molecule has 1 aromatic carbocycles. The Morgan fingerprint density at radius 1 is 1.33 bits per heavy atom. The van der Waals surface area contributed by atoms with E-state index in [0.29, 0.717) is 12.6 Å². The first kappa shape index (κ1) is 12.3. The molecule has 0 amide bonds. The van der Waals surface area contributed by atoms with Gasteiger partial charge in [-0.05, 0) is 37.6 Å². The van der Waals surface area contributed by atoms with Crippen LogP contribution in [-0.4, -0.2) is 19.2 Å². The van der Waals surface area contributed by atoms with Gasteiger partial charge in [-0.2, -0.15) is 0 Å². The van der Waals surface area contributed by atoms with Gasteiger partial charge in [-0.25, -0.2) is 0 Å². The monoisotopic (exact) mass is 227 g/mol. The first-order valence-corrected chi connectivity index (χ1v) is 5.72. The zero-order valence-corrected chi connectivity index (χ0v) is 10.1. The van der Waals surface area contributed by atoms with Gasteiger partial charge >= 0.3 is 0 Å². The molecule has 1 rings (SSSR count). The molecule has 0 radical (unpaired) electrons. The summed E-state index contributed by atoms with van der Waals surface area (Å²) < 4.78 is 5.53. The van der Waals surface area contributed by atoms with E-state index in [-0.39, 0.29) is 0 Å². The number of hydrogen-bond donors (Lipinski definition) is 1. The summed E-state index contributed by atoms with van der Waals surface area (Å²) in [5, 5.41) is 4.10. The lowest BCUT2D eigenvalue weighted by Gasteiger charge is -2.11. The molecular formula is C12H18ClNO. The summed E-state index contributed by atoms with van der Waals surface area (Å²) >= 11 is 5.77. The highest BCUT2D eigenvalue weighted by molar-refractivity contribution is 6.30. The van der Waals surface area contributed by atoms with Crippen LogP contribution < -0.4 is 10.1 Å². The number of benzene rings is 1. The lowest BCUT2D eigenvalue weighted by atomic mass is 10.3. The number of ether oxygens (including phenoxy) is 1. The Morgan fingerprint density at radius 3 is 2.60 bits per heavy atom. The zero-order valence-electron chi connectivity index (χ0n) is 9.29. The Bertz CT molecular complexity index is 273. The van der Waals surface area contributed by atoms with Crippen LogP contribution in [0.3, 0.4) is 0 Å². The van der Waals surface area contributed by atoms with Crippen LogP contribution >= 0.6 is 11.6 Å². The van der Waals surface area contributed by atoms with Gasteiger partial charge in [-0.15, -0.1) is 0 Å². The molecule has 0 fully saturated rings. The standard InChI is InChI=1S/C12H18ClNO/c1-3-10(2)14-8-9-15-12-6-4-11(13)5-7-12/h4-7,10,14H,3,8-9H2,1-2H3. The van der Waals surface area contributed by atoms with Crippen molar-refractivity contribution in [2.75, 3.05) is 13.2 Å². The van der Waals surface area contributed by atoms with Crippen molar-refractivity contribution in [1.82, 2.24) is 5.32 Å². The molecular weight excluding hydrogens is 210 g/mol. The molecule has 0 saturated heterocycles. The second kappa shape index (κ2) is 6.70. The van der Waals surface area contributed by atoms with E-state index >= 15 is 0 Å². The summed E-state index contributed by atoms with van der Waals surface area (Å²) in [5.74, 6) is 0.866. The zero-order chi connectivity index (χ0) is 11.1. The Morgan fingerprint density at radius 2 is 2.00 bits per heavy atom. The first-order chi connectivity index (χ1) is 7.22. The maximum absolute atomic E-state index is 5.77. The van der Waals surface area contributed by atoms with Crippen molar-refractivity contribution in [2.45, 2.75) is 26.3 Å². The van der Waals surface area contributed by atoms with Gasteiger partial charge in [0.25, 0.3) is 0 Å². The van der Waals surface area contributed by atoms with Gasteiger partial charge in [0.1, 0.15) is 12.4 Å². The quantitative estimate of drug-likeness (QED) is 0.755. The number of rotatable bonds is 6. The van der Waals surface area contributed by atoms with Gasteiger partial charge < -0.3 is 10.1 Å². The van der Waals surface area contributed by atoms with Gasteiger partial charge in [0, 0.05) is 17.6 Å². The van der Waals surface area contributed by atoms with Gasteiger partial charge in [0.05, 0.1) is 0 Å². The topological polar surface area (TPSA) is 21.3 Å². The Balaban J connectivity index is 2.17. The van der Waals surface area contributed by atoms with Crippen LogP contribution in [0.15, 0.2) is 24.3 Å². The molecule has 1 aromatic rings. The van der Waals surface area contributed by atoms with Crippen molar-refractivity contribution in [2.24, 2.45) is 0 Å². The molecule has 0 bridgehead atoms. The largest absolute Gasteiger partial charge is 0.492 e. The minimum Gasteiger partial charge on any atom is -0.492 e. The van der Waals surface area contributed by atoms with Crippen LogP contribution in [-0.2, 0) is 0 Å². The van der Waals surface area contributed by atoms with Gasteiger partial charge in [0.15, 0.2) is 0 Å². The minimum absolute atomic E-state index is 0.554. The van der Waals surface area contributed by atoms with Crippen LogP contribution in [0.4, 0.5) is 0 Å². The first-order valence-electron chi connectivity index (χ1n) is 5.34. The average Bonchev–Trinajstić information content (AvgIpc) is 2.26. The summed E-state index contributed by atoms with van der Waals surface area (Å²) in [6.07, 6.45) is 1.14. The van der Waals surface area contributed by atoms with Crippen LogP contribution in [0.1, 0.15) is 20.3 Å². The fourth-order valence-electron chi connectivity index (χ4n) is 1.15. The SMILES string of the molecule is CCC(C)NCCOc1ccc(Cl)cc1. The molecule has 15 heavy (non-hydrogen) atoms. The third kappa shape index (κ3) is 5.05. The normalized spacial score (nSPS) is 12.5. The fourth-order valence-corrected chi connectivity index (χ4v) is 1.28. The molecule has 0 aliphatic heterocycles. The van der Waals surface area contributed by atoms with Crippen molar-refractivity contribution in [1.29, 1.82) is 0 Å². The van der Waals surface area contributed by atoms with Gasteiger partial charge in [-0.3, -0.25) is 0 Å². The van der Waals surface area contributed by atoms with E-state index in [1.165, 1.54) is 0 Å². The summed E-state index contributed by atoms with van der Waals surface area (Å²) in [7, 11) is 0. The third-order valence-electron chi connectivity index (χ3n) is 2.29. The number of nitrogens with one attached hydrogen (secondary N) is 1. The van der Waals surface area contributed by atoms with E-state index in [9.17, 15) is 0 Å². The van der Waals surface area contributed by atoms with Gasteiger partial charge in [0.2, 0.25) is 0 Å². The van der Waals surface area contributed by atoms with Crippen molar-refractivity contribution in [3.8, 4) is 5.75 Å². The average molecular weight is 228 g/mol. The molecule has 0 spiro atoms. The smallest absolute Gasteiger partial charge is 0.119 e. The summed E-state index contributed by atoms with van der Waals surface area (Å²) in [5.41, 5.74) is 0. The van der Waals surface area contributed by atoms with E-state index < -0.39 is 0 Å². The molecule has 2 nitrogen and oxygen atoms in total. The van der Waals surface area contributed by atoms with Crippen LogP contribution in [0.25, 0.3) is 0 Å². The van der Waals surface area contributed by atoms with E-state index in [1.54, 1.807) is 0 Å². The van der Waals surface area contributed by atoms with Crippen LogP contribution in [0, 0.1) is 0 Å². The Labute approximate surface area is 96.6 Å². The molecule has 84 valence electrons. The highest BCUT2D eigenvalue weighted by atomic mass is 35.5. The van der Waals surface area contributed by atoms with Crippen molar-refractivity contribution in [3.63, 3.8) is 0 Å². The maximum Gasteiger partial charge on any atom is 0.119 e. The summed E-state index contributed by atoms with van der Waals surface area (Å²) in [6, 6.07) is 7.98. The molecule has 3 heteroatoms. The van der Waals surface area contributed by atoms with E-state index in [2.05, 4.69) is 19.2 Å². The molecule has 0 heterocycles. The predicted molar refractivity (Wildman–Crippen MR) is 64.7 cm³/mol. The lowest BCUT2D eigenvalue weighted by molar-refractivity contribution is 0.306. The minimum atomic E-state index is 0.554. The molecule has 0 aromatic heterocycles. The van der Waals surface area contributed by atoms with E-state index in [1.807, 2.05) is 24.3 Å². The fraction of sp³-hybridized carbons (Fsp3) is 0.500. The Hall–Kier alpha value is -0.730. The molecule has 1 atom stereocenters. The molecule has 1 N–H and O–H groups in total. The Kier molecular flexibility index (Phi) is 5.51. The number of halogens is 1. The molecule has 0 aliphatic carbocycles. The van der Waals surface area contributed by atoms with E-state index in [0.717, 1.165) is 23.7 Å². The predicted octanol–water partition coefficient (Wildman–Crippen LogP) is 3.11. The number of hydrogen-bond acceptors (Lipinski definition) is 2. The van der Waals surface area contributed by atoms with E-state index in [4.69, 9.17) is 16.3 Å².